The van der Waals surface area contributed by atoms with Crippen molar-refractivity contribution >= 4 is 33.7 Å². The van der Waals surface area contributed by atoms with E-state index in [0.717, 1.165) is 47.4 Å². The van der Waals surface area contributed by atoms with Gasteiger partial charge in [-0.25, -0.2) is 18.2 Å². The normalized spacial score (nSPS) is 20.8. The Hall–Kier alpha value is -4.52. The minimum Gasteiger partial charge on any atom is -0.497 e. The van der Waals surface area contributed by atoms with E-state index in [0.29, 0.717) is 19.0 Å². The lowest BCUT2D eigenvalue weighted by atomic mass is 9.77. The van der Waals surface area contributed by atoms with E-state index >= 15 is 0 Å². The van der Waals surface area contributed by atoms with Gasteiger partial charge in [0.05, 0.1) is 49.6 Å². The molecule has 12 heteroatoms. The van der Waals surface area contributed by atoms with Gasteiger partial charge in [0.25, 0.3) is 5.91 Å². The molecule has 0 bridgehead atoms. The van der Waals surface area contributed by atoms with Crippen LogP contribution in [-0.4, -0.2) is 82.4 Å². The highest BCUT2D eigenvalue weighted by atomic mass is 32.2. The van der Waals surface area contributed by atoms with Crippen molar-refractivity contribution in [2.45, 2.75) is 30.2 Å². The van der Waals surface area contributed by atoms with Gasteiger partial charge in [-0.1, -0.05) is 24.3 Å². The van der Waals surface area contributed by atoms with Crippen LogP contribution in [-0.2, 0) is 24.3 Å². The Morgan fingerprint density at radius 2 is 1.55 bits per heavy atom. The number of morpholine rings is 1. The predicted octanol–water partition coefficient (Wildman–Crippen LogP) is 4.70. The molecule has 0 aromatic heterocycles. The second-order valence-corrected chi connectivity index (χ2v) is 13.4. The predicted molar refractivity (Wildman–Crippen MR) is 175 cm³/mol. The summed E-state index contributed by atoms with van der Waals surface area (Å²) in [5.74, 6) is 0.233. The largest absolute Gasteiger partial charge is 0.497 e. The molecule has 1 saturated heterocycles. The van der Waals surface area contributed by atoms with Crippen LogP contribution in [0, 0.1) is 5.92 Å². The maximum Gasteiger partial charge on any atom is 0.338 e. The first-order valence-corrected chi connectivity index (χ1v) is 17.0. The zero-order valence-corrected chi connectivity index (χ0v) is 27.1. The van der Waals surface area contributed by atoms with Crippen molar-refractivity contribution in [3.05, 3.63) is 95.1 Å². The van der Waals surface area contributed by atoms with Crippen molar-refractivity contribution in [2.24, 2.45) is 11.0 Å². The zero-order valence-electron chi connectivity index (χ0n) is 26.3. The Bertz CT molecular complexity index is 1760. The van der Waals surface area contributed by atoms with Crippen LogP contribution in [0.4, 0.5) is 0 Å². The lowest BCUT2D eigenvalue weighted by molar-refractivity contribution is -0.137. The van der Waals surface area contributed by atoms with E-state index in [9.17, 15) is 18.0 Å². The van der Waals surface area contributed by atoms with E-state index in [2.05, 4.69) is 6.08 Å². The number of hydrogen-bond acceptors (Lipinski definition) is 9. The number of rotatable bonds is 9. The molecule has 1 amide bonds. The zero-order chi connectivity index (χ0) is 33.0. The highest BCUT2D eigenvalue weighted by Crippen LogP contribution is 2.44. The van der Waals surface area contributed by atoms with Crippen LogP contribution in [0.5, 0.6) is 11.5 Å². The fraction of sp³-hybridized carbons (Fsp3) is 0.343. The number of benzene rings is 3. The van der Waals surface area contributed by atoms with Crippen molar-refractivity contribution in [1.82, 2.24) is 9.31 Å². The quantitative estimate of drug-likeness (QED) is 0.303. The molecule has 1 saturated carbocycles. The van der Waals surface area contributed by atoms with Crippen molar-refractivity contribution in [3.63, 3.8) is 0 Å². The first-order chi connectivity index (χ1) is 22.8. The van der Waals surface area contributed by atoms with Crippen LogP contribution < -0.4 is 9.47 Å². The van der Waals surface area contributed by atoms with Crippen molar-refractivity contribution in [3.8, 4) is 11.5 Å². The molecule has 0 spiro atoms. The molecule has 2 heterocycles. The summed E-state index contributed by atoms with van der Waals surface area (Å²) in [7, 11) is -0.478. The van der Waals surface area contributed by atoms with E-state index in [1.165, 1.54) is 33.6 Å². The van der Waals surface area contributed by atoms with Gasteiger partial charge >= 0.3 is 5.97 Å². The van der Waals surface area contributed by atoms with Crippen molar-refractivity contribution in [1.29, 1.82) is 0 Å². The summed E-state index contributed by atoms with van der Waals surface area (Å²) in [4.78, 5) is 26.8. The van der Waals surface area contributed by atoms with Crippen LogP contribution in [0.1, 0.15) is 46.8 Å². The van der Waals surface area contributed by atoms with Crippen LogP contribution in [0.2, 0.25) is 0 Å². The van der Waals surface area contributed by atoms with E-state index < -0.39 is 28.5 Å². The number of sulfonamides is 1. The minimum atomic E-state index is -3.71. The smallest absolute Gasteiger partial charge is 0.338 e. The average Bonchev–Trinajstić information content (AvgIpc) is 3.52. The van der Waals surface area contributed by atoms with Gasteiger partial charge in [-0.05, 0) is 90.6 Å². The Balaban J connectivity index is 1.20. The molecule has 2 aliphatic heterocycles. The molecule has 47 heavy (non-hydrogen) atoms. The van der Waals surface area contributed by atoms with Crippen LogP contribution >= 0.6 is 0 Å². The maximum atomic E-state index is 13.7. The third kappa shape index (κ3) is 6.95. The first-order valence-electron chi connectivity index (χ1n) is 15.5. The van der Waals surface area contributed by atoms with Gasteiger partial charge in [-0.2, -0.15) is 9.41 Å². The highest BCUT2D eigenvalue weighted by molar-refractivity contribution is 7.89. The summed E-state index contributed by atoms with van der Waals surface area (Å²) in [5.41, 5.74) is 3.95. The number of amides is 1. The molecule has 246 valence electrons. The summed E-state index contributed by atoms with van der Waals surface area (Å²) < 4.78 is 48.6. The van der Waals surface area contributed by atoms with Gasteiger partial charge in [0.15, 0.2) is 6.61 Å². The monoisotopic (exact) mass is 659 g/mol. The van der Waals surface area contributed by atoms with E-state index in [4.69, 9.17) is 24.0 Å². The number of fused-ring (bicyclic) bond motifs is 1. The third-order valence-electron chi connectivity index (χ3n) is 8.70. The lowest BCUT2D eigenvalue weighted by Gasteiger charge is -2.29. The minimum absolute atomic E-state index is 0.0396. The molecule has 6 rings (SSSR count). The molecule has 3 aromatic carbocycles. The second kappa shape index (κ2) is 14.1. The van der Waals surface area contributed by atoms with Crippen molar-refractivity contribution in [2.75, 3.05) is 47.1 Å². The number of nitrogens with zero attached hydrogens (tertiary/aromatic N) is 3. The van der Waals surface area contributed by atoms with Crippen LogP contribution in [0.15, 0.2) is 88.4 Å². The number of ether oxygens (including phenoxy) is 4. The average molecular weight is 660 g/mol. The van der Waals surface area contributed by atoms with E-state index in [-0.39, 0.29) is 35.5 Å². The molecule has 1 aliphatic carbocycles. The van der Waals surface area contributed by atoms with Crippen LogP contribution in [0.3, 0.4) is 0 Å². The Morgan fingerprint density at radius 1 is 0.915 bits per heavy atom. The lowest BCUT2D eigenvalue weighted by Crippen LogP contribution is -2.40. The van der Waals surface area contributed by atoms with Gasteiger partial charge in [0.2, 0.25) is 10.0 Å². The summed E-state index contributed by atoms with van der Waals surface area (Å²) in [6, 6.07) is 20.5. The van der Waals surface area contributed by atoms with Gasteiger partial charge < -0.3 is 18.9 Å². The molecule has 0 radical (unpaired) electrons. The Labute approximate surface area is 274 Å². The molecule has 0 unspecified atom stereocenters. The highest BCUT2D eigenvalue weighted by Gasteiger charge is 2.44. The van der Waals surface area contributed by atoms with Crippen molar-refractivity contribution < 1.29 is 37.0 Å². The van der Waals surface area contributed by atoms with Gasteiger partial charge in [-0.3, -0.25) is 4.79 Å². The molecule has 0 N–H and O–H groups in total. The topological polar surface area (TPSA) is 124 Å². The summed E-state index contributed by atoms with van der Waals surface area (Å²) in [6.45, 7) is 0.680. The summed E-state index contributed by atoms with van der Waals surface area (Å²) in [6.07, 6.45) is 4.71. The fourth-order valence-electron chi connectivity index (χ4n) is 6.22. The molecular weight excluding hydrogens is 622 g/mol. The first kappa shape index (κ1) is 32.4. The molecule has 11 nitrogen and oxygen atoms in total. The van der Waals surface area contributed by atoms with Gasteiger partial charge in [0, 0.05) is 19.0 Å². The number of esters is 1. The molecular formula is C35H37N3O8S. The summed E-state index contributed by atoms with van der Waals surface area (Å²) >= 11 is 0. The van der Waals surface area contributed by atoms with Gasteiger partial charge in [0.1, 0.15) is 11.5 Å². The molecule has 2 fully saturated rings. The SMILES string of the molecule is COc1ccc(/C=C2/CCC[C@H]3C2=NN(C(=O)COC(=O)c2ccc(S(=O)(=O)N4CCOCC4)cc2)[C@@H]3c2ccc(OC)cc2)cc1. The van der Waals surface area contributed by atoms with Gasteiger partial charge in [-0.15, -0.1) is 0 Å². The maximum absolute atomic E-state index is 13.7. The Kier molecular flexibility index (Phi) is 9.71. The summed E-state index contributed by atoms with van der Waals surface area (Å²) in [5, 5.41) is 6.30. The van der Waals surface area contributed by atoms with Crippen LogP contribution in [0.25, 0.3) is 6.08 Å². The number of allylic oxidation sites excluding steroid dienone is 1. The standard InChI is InChI=1S/C35H37N3O8S/c1-43-28-12-6-24(7-13-28)22-27-4-3-5-31-33(27)36-38(34(31)25-8-14-29(44-2)15-9-25)32(39)23-46-35(40)26-10-16-30(17-11-26)47(41,42)37-18-20-45-21-19-37/h6-17,22,31,34H,3-5,18-21,23H2,1-2H3/b27-22-/t31-,34+/m0/s1. The number of methoxy groups -OCH3 is 2. The Morgan fingerprint density at radius 3 is 2.19 bits per heavy atom. The number of carbonyl (C=O) groups is 2. The molecule has 3 aliphatic rings. The van der Waals surface area contributed by atoms with E-state index in [1.807, 2.05) is 48.5 Å². The number of hydrazone groups is 1. The number of carbonyl (C=O) groups excluding carboxylic acids is 2. The third-order valence-corrected chi connectivity index (χ3v) is 10.6. The fourth-order valence-corrected chi connectivity index (χ4v) is 7.63. The second-order valence-electron chi connectivity index (χ2n) is 11.5. The van der Waals surface area contributed by atoms with E-state index in [1.54, 1.807) is 14.2 Å². The molecule has 2 atom stereocenters. The number of hydrogen-bond donors (Lipinski definition) is 0. The molecule has 3 aromatic rings.